The van der Waals surface area contributed by atoms with Gasteiger partial charge in [-0.15, -0.1) is 0 Å². The van der Waals surface area contributed by atoms with Gasteiger partial charge in [0.05, 0.1) is 19.0 Å². The lowest BCUT2D eigenvalue weighted by atomic mass is 10.2. The van der Waals surface area contributed by atoms with E-state index in [2.05, 4.69) is 20.3 Å². The van der Waals surface area contributed by atoms with Crippen molar-refractivity contribution in [3.63, 3.8) is 0 Å². The van der Waals surface area contributed by atoms with E-state index in [1.165, 1.54) is 10.9 Å². The first kappa shape index (κ1) is 16.3. The molecule has 2 aromatic heterocycles. The SMILES string of the molecule is CC(C)C(=O)Nc1nc2c(ncn2C2OC(CO)CC2=O)c(=O)[nH]1. The number of aliphatic hydroxyl groups excluding tert-OH is 1. The summed E-state index contributed by atoms with van der Waals surface area (Å²) in [4.78, 5) is 46.5. The van der Waals surface area contributed by atoms with Gasteiger partial charge in [0.25, 0.3) is 5.56 Å². The molecule has 2 aromatic rings. The van der Waals surface area contributed by atoms with Crippen LogP contribution in [0.15, 0.2) is 11.1 Å². The number of amides is 1. The van der Waals surface area contributed by atoms with Crippen LogP contribution in [0.1, 0.15) is 26.5 Å². The number of H-pyrrole nitrogens is 1. The standard InChI is InChI=1S/C14H17N5O5/c1-6(2)11(22)17-14-16-10-9(12(23)18-14)15-5-19(10)13-8(21)3-7(4-20)24-13/h5-7,13,20H,3-4H2,1-2H3,(H2,16,17,18,22,23). The first-order chi connectivity index (χ1) is 11.4. The molecular formula is C14H17N5O5. The molecule has 1 saturated heterocycles. The first-order valence-corrected chi connectivity index (χ1v) is 7.47. The van der Waals surface area contributed by atoms with Gasteiger partial charge in [-0.2, -0.15) is 4.98 Å². The molecule has 3 rings (SSSR count). The van der Waals surface area contributed by atoms with Crippen molar-refractivity contribution in [2.75, 3.05) is 11.9 Å². The maximum absolute atomic E-state index is 12.1. The van der Waals surface area contributed by atoms with Crippen molar-refractivity contribution in [1.29, 1.82) is 0 Å². The summed E-state index contributed by atoms with van der Waals surface area (Å²) in [5.74, 6) is -0.877. The summed E-state index contributed by atoms with van der Waals surface area (Å²) in [5.41, 5.74) is -0.391. The third kappa shape index (κ3) is 2.81. The number of carbonyl (C=O) groups is 2. The van der Waals surface area contributed by atoms with Crippen LogP contribution < -0.4 is 10.9 Å². The highest BCUT2D eigenvalue weighted by molar-refractivity contribution is 5.91. The summed E-state index contributed by atoms with van der Waals surface area (Å²) >= 11 is 0. The van der Waals surface area contributed by atoms with Crippen molar-refractivity contribution in [2.24, 2.45) is 5.92 Å². The predicted octanol–water partition coefficient (Wildman–Crippen LogP) is -0.437. The smallest absolute Gasteiger partial charge is 0.280 e. The second-order valence-electron chi connectivity index (χ2n) is 5.85. The zero-order valence-corrected chi connectivity index (χ0v) is 13.1. The fourth-order valence-corrected chi connectivity index (χ4v) is 2.38. The van der Waals surface area contributed by atoms with E-state index in [0.29, 0.717) is 0 Å². The lowest BCUT2D eigenvalue weighted by molar-refractivity contribution is -0.127. The van der Waals surface area contributed by atoms with Crippen molar-refractivity contribution >= 4 is 28.8 Å². The topological polar surface area (TPSA) is 139 Å². The second kappa shape index (κ2) is 6.13. The lowest BCUT2D eigenvalue weighted by Crippen LogP contribution is -2.23. The number of nitrogens with zero attached hydrogens (tertiary/aromatic N) is 3. The highest BCUT2D eigenvalue weighted by Gasteiger charge is 2.35. The molecule has 0 radical (unpaired) electrons. The highest BCUT2D eigenvalue weighted by Crippen LogP contribution is 2.27. The Bertz CT molecular complexity index is 855. The van der Waals surface area contributed by atoms with E-state index in [4.69, 9.17) is 9.84 Å². The molecule has 0 saturated carbocycles. The molecular weight excluding hydrogens is 318 g/mol. The van der Waals surface area contributed by atoms with Gasteiger partial charge in [-0.3, -0.25) is 29.3 Å². The van der Waals surface area contributed by atoms with Gasteiger partial charge in [-0.25, -0.2) is 4.98 Å². The lowest BCUT2D eigenvalue weighted by Gasteiger charge is -2.13. The Balaban J connectivity index is 2.01. The molecule has 24 heavy (non-hydrogen) atoms. The summed E-state index contributed by atoms with van der Waals surface area (Å²) in [6.45, 7) is 3.13. The number of hydrogen-bond acceptors (Lipinski definition) is 7. The van der Waals surface area contributed by atoms with Gasteiger partial charge in [0.1, 0.15) is 0 Å². The van der Waals surface area contributed by atoms with Crippen LogP contribution in [-0.2, 0) is 14.3 Å². The molecule has 1 fully saturated rings. The van der Waals surface area contributed by atoms with E-state index >= 15 is 0 Å². The molecule has 1 aliphatic heterocycles. The van der Waals surface area contributed by atoms with Gasteiger partial charge in [0.2, 0.25) is 11.9 Å². The Labute approximate surface area is 135 Å². The minimum Gasteiger partial charge on any atom is -0.394 e. The van der Waals surface area contributed by atoms with Crippen molar-refractivity contribution < 1.29 is 19.4 Å². The fraction of sp³-hybridized carbons (Fsp3) is 0.500. The number of Topliss-reactive ketones (excluding diaryl/α,β-unsaturated/α-hetero) is 1. The molecule has 0 aromatic carbocycles. The number of fused-ring (bicyclic) bond motifs is 1. The zero-order valence-electron chi connectivity index (χ0n) is 13.1. The Hall–Kier alpha value is -2.59. The molecule has 2 unspecified atom stereocenters. The van der Waals surface area contributed by atoms with Crippen LogP contribution in [0.2, 0.25) is 0 Å². The molecule has 0 bridgehead atoms. The second-order valence-corrected chi connectivity index (χ2v) is 5.85. The Morgan fingerprint density at radius 2 is 2.29 bits per heavy atom. The Kier molecular flexibility index (Phi) is 4.16. The Morgan fingerprint density at radius 1 is 1.54 bits per heavy atom. The van der Waals surface area contributed by atoms with E-state index in [-0.39, 0.29) is 47.7 Å². The van der Waals surface area contributed by atoms with Crippen LogP contribution in [-0.4, -0.2) is 49.0 Å². The normalized spacial score (nSPS) is 20.9. The monoisotopic (exact) mass is 335 g/mol. The number of carbonyl (C=O) groups excluding carboxylic acids is 2. The van der Waals surface area contributed by atoms with Crippen LogP contribution in [0.3, 0.4) is 0 Å². The molecule has 10 heteroatoms. The third-order valence-electron chi connectivity index (χ3n) is 3.68. The third-order valence-corrected chi connectivity index (χ3v) is 3.68. The maximum Gasteiger partial charge on any atom is 0.280 e. The number of ketones is 1. The molecule has 0 spiro atoms. The number of aromatic nitrogens is 4. The predicted molar refractivity (Wildman–Crippen MR) is 82.2 cm³/mol. The zero-order chi connectivity index (χ0) is 17.4. The summed E-state index contributed by atoms with van der Waals surface area (Å²) < 4.78 is 6.79. The number of nitrogens with one attached hydrogen (secondary N) is 2. The number of imidazole rings is 1. The summed E-state index contributed by atoms with van der Waals surface area (Å²) in [7, 11) is 0. The molecule has 0 aliphatic carbocycles. The van der Waals surface area contributed by atoms with Crippen LogP contribution >= 0.6 is 0 Å². The average Bonchev–Trinajstić information content (AvgIpc) is 3.10. The van der Waals surface area contributed by atoms with E-state index in [1.54, 1.807) is 13.8 Å². The van der Waals surface area contributed by atoms with Gasteiger partial charge in [0.15, 0.2) is 23.2 Å². The molecule has 1 amide bonds. The van der Waals surface area contributed by atoms with E-state index in [0.717, 1.165) is 0 Å². The number of aliphatic hydroxyl groups is 1. The fourth-order valence-electron chi connectivity index (χ4n) is 2.38. The highest BCUT2D eigenvalue weighted by atomic mass is 16.5. The van der Waals surface area contributed by atoms with Gasteiger partial charge in [0, 0.05) is 12.3 Å². The summed E-state index contributed by atoms with van der Waals surface area (Å²) in [5, 5.41) is 11.6. The van der Waals surface area contributed by atoms with E-state index < -0.39 is 17.9 Å². The Morgan fingerprint density at radius 3 is 2.92 bits per heavy atom. The van der Waals surface area contributed by atoms with Crippen LogP contribution in [0.5, 0.6) is 0 Å². The molecule has 1 aliphatic rings. The van der Waals surface area contributed by atoms with Crippen molar-refractivity contribution in [3.8, 4) is 0 Å². The number of ether oxygens (including phenoxy) is 1. The van der Waals surface area contributed by atoms with Crippen molar-refractivity contribution in [3.05, 3.63) is 16.7 Å². The minimum absolute atomic E-state index is 0.0291. The van der Waals surface area contributed by atoms with Crippen molar-refractivity contribution in [2.45, 2.75) is 32.6 Å². The van der Waals surface area contributed by atoms with Crippen LogP contribution in [0.4, 0.5) is 5.95 Å². The van der Waals surface area contributed by atoms with Gasteiger partial charge in [-0.05, 0) is 0 Å². The maximum atomic E-state index is 12.1. The molecule has 10 nitrogen and oxygen atoms in total. The summed E-state index contributed by atoms with van der Waals surface area (Å²) in [6.07, 6.45) is -0.248. The number of hydrogen-bond donors (Lipinski definition) is 3. The molecule has 128 valence electrons. The van der Waals surface area contributed by atoms with Gasteiger partial charge < -0.3 is 9.84 Å². The number of rotatable bonds is 4. The quantitative estimate of drug-likeness (QED) is 0.688. The number of anilines is 1. The van der Waals surface area contributed by atoms with E-state index in [9.17, 15) is 14.4 Å². The van der Waals surface area contributed by atoms with Crippen LogP contribution in [0, 0.1) is 5.92 Å². The average molecular weight is 335 g/mol. The molecule has 2 atom stereocenters. The summed E-state index contributed by atoms with van der Waals surface area (Å²) in [6, 6.07) is 0. The van der Waals surface area contributed by atoms with Crippen molar-refractivity contribution in [1.82, 2.24) is 19.5 Å². The van der Waals surface area contributed by atoms with Gasteiger partial charge in [-0.1, -0.05) is 13.8 Å². The van der Waals surface area contributed by atoms with E-state index in [1.807, 2.05) is 0 Å². The first-order valence-electron chi connectivity index (χ1n) is 7.47. The molecule has 3 N–H and O–H groups in total. The van der Waals surface area contributed by atoms with Crippen LogP contribution in [0.25, 0.3) is 11.2 Å². The number of aromatic amines is 1. The molecule has 3 heterocycles. The van der Waals surface area contributed by atoms with Gasteiger partial charge >= 0.3 is 0 Å². The minimum atomic E-state index is -1.00. The largest absolute Gasteiger partial charge is 0.394 e.